The largest absolute Gasteiger partial charge is 0.496 e. The van der Waals surface area contributed by atoms with Crippen molar-refractivity contribution < 1.29 is 9.13 Å². The minimum absolute atomic E-state index is 0.309. The van der Waals surface area contributed by atoms with Crippen LogP contribution in [0.25, 0.3) is 0 Å². The van der Waals surface area contributed by atoms with E-state index in [9.17, 15) is 4.39 Å². The van der Waals surface area contributed by atoms with Crippen LogP contribution in [-0.2, 0) is 0 Å². The van der Waals surface area contributed by atoms with Crippen LogP contribution in [0.2, 0.25) is 5.02 Å². The molecule has 0 spiro atoms. The van der Waals surface area contributed by atoms with E-state index >= 15 is 0 Å². The van der Waals surface area contributed by atoms with E-state index in [4.69, 9.17) is 22.2 Å². The summed E-state index contributed by atoms with van der Waals surface area (Å²) in [6.07, 6.45) is 0. The standard InChI is InChI=1S/C16H18ClFN2O/c1-9-7-8-11(16(21-3)10(9)2)15(20-19)14-12(17)5-4-6-13(14)18/h4-8,15,20H,19H2,1-3H3. The van der Waals surface area contributed by atoms with E-state index in [-0.39, 0.29) is 0 Å². The highest BCUT2D eigenvalue weighted by molar-refractivity contribution is 6.31. The first kappa shape index (κ1) is 15.8. The zero-order valence-corrected chi connectivity index (χ0v) is 13.0. The number of hydrogen-bond donors (Lipinski definition) is 2. The Bertz CT molecular complexity index is 641. The summed E-state index contributed by atoms with van der Waals surface area (Å²) in [6.45, 7) is 3.94. The number of nitrogens with two attached hydrogens (primary N) is 1. The minimum atomic E-state index is -0.590. The second-order valence-corrected chi connectivity index (χ2v) is 5.27. The van der Waals surface area contributed by atoms with Crippen LogP contribution in [0, 0.1) is 19.7 Å². The molecule has 0 heterocycles. The fourth-order valence-corrected chi connectivity index (χ4v) is 2.70. The number of aryl methyl sites for hydroxylation is 1. The lowest BCUT2D eigenvalue weighted by atomic mass is 9.94. The maximum atomic E-state index is 14.2. The van der Waals surface area contributed by atoms with Crippen LogP contribution in [0.15, 0.2) is 30.3 Å². The van der Waals surface area contributed by atoms with Gasteiger partial charge in [0.15, 0.2) is 0 Å². The summed E-state index contributed by atoms with van der Waals surface area (Å²) < 4.78 is 19.6. The zero-order chi connectivity index (χ0) is 15.6. The molecule has 112 valence electrons. The third kappa shape index (κ3) is 2.88. The number of methoxy groups -OCH3 is 1. The molecule has 2 aromatic carbocycles. The van der Waals surface area contributed by atoms with Crippen molar-refractivity contribution in [2.45, 2.75) is 19.9 Å². The molecule has 21 heavy (non-hydrogen) atoms. The highest BCUT2D eigenvalue weighted by atomic mass is 35.5. The van der Waals surface area contributed by atoms with Crippen LogP contribution in [0.4, 0.5) is 4.39 Å². The van der Waals surface area contributed by atoms with Gasteiger partial charge in [-0.1, -0.05) is 29.8 Å². The lowest BCUT2D eigenvalue weighted by molar-refractivity contribution is 0.400. The molecule has 0 saturated carbocycles. The molecule has 3 N–H and O–H groups in total. The molecule has 0 aliphatic carbocycles. The van der Waals surface area contributed by atoms with Gasteiger partial charge in [0, 0.05) is 16.1 Å². The molecule has 0 aliphatic rings. The fourth-order valence-electron chi connectivity index (χ4n) is 2.42. The van der Waals surface area contributed by atoms with Crippen LogP contribution >= 0.6 is 11.6 Å². The number of hydrazine groups is 1. The SMILES string of the molecule is COc1c(C(NN)c2c(F)cccc2Cl)ccc(C)c1C. The van der Waals surface area contributed by atoms with Crippen LogP contribution in [0.5, 0.6) is 5.75 Å². The van der Waals surface area contributed by atoms with Crippen molar-refractivity contribution in [3.05, 3.63) is 63.4 Å². The second kappa shape index (κ2) is 6.43. The first-order chi connectivity index (χ1) is 10.0. The highest BCUT2D eigenvalue weighted by Gasteiger charge is 2.24. The molecule has 0 aromatic heterocycles. The molecule has 2 aromatic rings. The normalized spacial score (nSPS) is 12.3. The van der Waals surface area contributed by atoms with Gasteiger partial charge in [0.1, 0.15) is 11.6 Å². The molecule has 1 unspecified atom stereocenters. The van der Waals surface area contributed by atoms with E-state index in [1.165, 1.54) is 6.07 Å². The number of halogens is 2. The Morgan fingerprint density at radius 3 is 2.52 bits per heavy atom. The summed E-state index contributed by atoms with van der Waals surface area (Å²) in [6, 6.07) is 7.79. The van der Waals surface area contributed by atoms with Gasteiger partial charge in [-0.3, -0.25) is 5.84 Å². The Balaban J connectivity index is 2.65. The predicted molar refractivity (Wildman–Crippen MR) is 83.0 cm³/mol. The molecule has 0 fully saturated rings. The average Bonchev–Trinajstić information content (AvgIpc) is 2.46. The van der Waals surface area contributed by atoms with Gasteiger partial charge in [0.25, 0.3) is 0 Å². The van der Waals surface area contributed by atoms with E-state index in [1.807, 2.05) is 26.0 Å². The maximum absolute atomic E-state index is 14.2. The average molecular weight is 309 g/mol. The van der Waals surface area contributed by atoms with Crippen LogP contribution in [-0.4, -0.2) is 7.11 Å². The molecule has 0 radical (unpaired) electrons. The van der Waals surface area contributed by atoms with Gasteiger partial charge >= 0.3 is 0 Å². The Morgan fingerprint density at radius 1 is 1.24 bits per heavy atom. The van der Waals surface area contributed by atoms with Gasteiger partial charge in [-0.25, -0.2) is 9.82 Å². The molecule has 0 amide bonds. The minimum Gasteiger partial charge on any atom is -0.496 e. The molecular formula is C16H18ClFN2O. The Hall–Kier alpha value is -1.62. The van der Waals surface area contributed by atoms with Crippen LogP contribution in [0.1, 0.15) is 28.3 Å². The van der Waals surface area contributed by atoms with Crippen molar-refractivity contribution in [2.24, 2.45) is 5.84 Å². The second-order valence-electron chi connectivity index (χ2n) is 4.86. The molecule has 0 aliphatic heterocycles. The molecule has 1 atom stereocenters. The zero-order valence-electron chi connectivity index (χ0n) is 12.2. The van der Waals surface area contributed by atoms with Gasteiger partial charge in [-0.05, 0) is 37.1 Å². The molecule has 0 bridgehead atoms. The quantitative estimate of drug-likeness (QED) is 0.669. The topological polar surface area (TPSA) is 47.3 Å². The van der Waals surface area contributed by atoms with E-state index in [0.29, 0.717) is 16.3 Å². The summed E-state index contributed by atoms with van der Waals surface area (Å²) in [7, 11) is 1.59. The monoisotopic (exact) mass is 308 g/mol. The fraction of sp³-hybridized carbons (Fsp3) is 0.250. The summed E-state index contributed by atoms with van der Waals surface area (Å²) in [4.78, 5) is 0. The van der Waals surface area contributed by atoms with Gasteiger partial charge in [0.2, 0.25) is 0 Å². The summed E-state index contributed by atoms with van der Waals surface area (Å²) in [5, 5.41) is 0.318. The Labute approximate surface area is 128 Å². The van der Waals surface area contributed by atoms with E-state index in [0.717, 1.165) is 16.7 Å². The van der Waals surface area contributed by atoms with Crippen molar-refractivity contribution in [2.75, 3.05) is 7.11 Å². The van der Waals surface area contributed by atoms with Gasteiger partial charge < -0.3 is 4.74 Å². The van der Waals surface area contributed by atoms with Crippen molar-refractivity contribution in [1.29, 1.82) is 0 Å². The van der Waals surface area contributed by atoms with Crippen molar-refractivity contribution in [1.82, 2.24) is 5.43 Å². The first-order valence-electron chi connectivity index (χ1n) is 6.55. The number of ether oxygens (including phenoxy) is 1. The third-order valence-corrected chi connectivity index (χ3v) is 4.01. The molecule has 2 rings (SSSR count). The Kier molecular flexibility index (Phi) is 4.83. The van der Waals surface area contributed by atoms with Crippen LogP contribution < -0.4 is 16.0 Å². The number of benzene rings is 2. The first-order valence-corrected chi connectivity index (χ1v) is 6.93. The summed E-state index contributed by atoms with van der Waals surface area (Å²) in [5.41, 5.74) is 5.76. The smallest absolute Gasteiger partial charge is 0.129 e. The van der Waals surface area contributed by atoms with E-state index in [2.05, 4.69) is 5.43 Å². The highest BCUT2D eigenvalue weighted by Crippen LogP contribution is 2.37. The molecule has 3 nitrogen and oxygen atoms in total. The van der Waals surface area contributed by atoms with Gasteiger partial charge in [-0.2, -0.15) is 0 Å². The summed E-state index contributed by atoms with van der Waals surface area (Å²) >= 11 is 6.14. The van der Waals surface area contributed by atoms with Gasteiger partial charge in [0.05, 0.1) is 13.2 Å². The van der Waals surface area contributed by atoms with E-state index < -0.39 is 11.9 Å². The lowest BCUT2D eigenvalue weighted by Crippen LogP contribution is -2.30. The van der Waals surface area contributed by atoms with E-state index in [1.54, 1.807) is 19.2 Å². The predicted octanol–water partition coefficient (Wildman–Crippen LogP) is 3.66. The maximum Gasteiger partial charge on any atom is 0.129 e. The molecule has 0 saturated heterocycles. The van der Waals surface area contributed by atoms with Crippen molar-refractivity contribution in [3.63, 3.8) is 0 Å². The molecular weight excluding hydrogens is 291 g/mol. The van der Waals surface area contributed by atoms with Crippen molar-refractivity contribution in [3.8, 4) is 5.75 Å². The molecule has 5 heteroatoms. The van der Waals surface area contributed by atoms with Gasteiger partial charge in [-0.15, -0.1) is 0 Å². The summed E-state index contributed by atoms with van der Waals surface area (Å²) in [5.74, 6) is 5.92. The lowest BCUT2D eigenvalue weighted by Gasteiger charge is -2.23. The Morgan fingerprint density at radius 2 is 1.95 bits per heavy atom. The number of nitrogens with one attached hydrogen (secondary N) is 1. The number of rotatable bonds is 4. The van der Waals surface area contributed by atoms with Crippen molar-refractivity contribution >= 4 is 11.6 Å². The third-order valence-electron chi connectivity index (χ3n) is 3.68. The van der Waals surface area contributed by atoms with Crippen LogP contribution in [0.3, 0.4) is 0 Å². The number of hydrogen-bond acceptors (Lipinski definition) is 3.